The van der Waals surface area contributed by atoms with Crippen molar-refractivity contribution in [3.63, 3.8) is 0 Å². The highest BCUT2D eigenvalue weighted by Crippen LogP contribution is 2.37. The Bertz CT molecular complexity index is 540. The molecule has 0 spiro atoms. The van der Waals surface area contributed by atoms with Crippen LogP contribution in [0.4, 0.5) is 8.78 Å². The predicted octanol–water partition coefficient (Wildman–Crippen LogP) is 2.67. The zero-order valence-corrected chi connectivity index (χ0v) is 11.2. The van der Waals surface area contributed by atoms with Crippen molar-refractivity contribution in [1.29, 1.82) is 0 Å². The molecule has 0 radical (unpaired) electrons. The summed E-state index contributed by atoms with van der Waals surface area (Å²) in [5.74, 6) is -4.29. The molecular weight excluding hydrogens is 324 g/mol. The first kappa shape index (κ1) is 13.9. The number of aromatic carboxylic acids is 1. The van der Waals surface area contributed by atoms with Crippen LogP contribution in [0.2, 0.25) is 0 Å². The van der Waals surface area contributed by atoms with Gasteiger partial charge in [-0.1, -0.05) is 0 Å². The zero-order chi connectivity index (χ0) is 14.2. The molecule has 2 rings (SSSR count). The Morgan fingerprint density at radius 1 is 1.37 bits per heavy atom. The molecule has 1 aliphatic rings. The molecule has 1 aromatic carbocycles. The van der Waals surface area contributed by atoms with Crippen molar-refractivity contribution in [2.75, 3.05) is 0 Å². The zero-order valence-electron chi connectivity index (χ0n) is 9.62. The fourth-order valence-corrected chi connectivity index (χ4v) is 2.42. The molecule has 0 aliphatic heterocycles. The van der Waals surface area contributed by atoms with Gasteiger partial charge in [0.05, 0.1) is 11.1 Å². The van der Waals surface area contributed by atoms with Crippen LogP contribution < -0.4 is 5.32 Å². The number of hydrogen-bond donors (Lipinski definition) is 2. The molecule has 1 saturated carbocycles. The van der Waals surface area contributed by atoms with Gasteiger partial charge in [0.2, 0.25) is 0 Å². The molecule has 0 heterocycles. The van der Waals surface area contributed by atoms with Gasteiger partial charge < -0.3 is 10.4 Å². The van der Waals surface area contributed by atoms with Gasteiger partial charge in [-0.3, -0.25) is 4.79 Å². The van der Waals surface area contributed by atoms with Gasteiger partial charge in [0.15, 0.2) is 0 Å². The monoisotopic (exact) mass is 333 g/mol. The molecule has 1 fully saturated rings. The lowest BCUT2D eigenvalue weighted by atomic mass is 9.88. The van der Waals surface area contributed by atoms with E-state index >= 15 is 0 Å². The normalized spacial score (nSPS) is 17.6. The fraction of sp³-hybridized carbons (Fsp3) is 0.333. The molecule has 1 amide bonds. The molecule has 1 aromatic rings. The minimum atomic E-state index is -2.69. The quantitative estimate of drug-likeness (QED) is 0.893. The lowest BCUT2D eigenvalue weighted by Gasteiger charge is -2.35. The van der Waals surface area contributed by atoms with E-state index in [9.17, 15) is 18.4 Å². The Balaban J connectivity index is 2.06. The third-order valence-corrected chi connectivity index (χ3v) is 3.54. The van der Waals surface area contributed by atoms with Crippen molar-refractivity contribution < 1.29 is 23.5 Å². The number of benzene rings is 1. The van der Waals surface area contributed by atoms with E-state index in [0.29, 0.717) is 4.47 Å². The Hall–Kier alpha value is -1.50. The Morgan fingerprint density at radius 2 is 2.00 bits per heavy atom. The van der Waals surface area contributed by atoms with E-state index in [2.05, 4.69) is 21.2 Å². The number of rotatable bonds is 3. The van der Waals surface area contributed by atoms with Gasteiger partial charge in [-0.25, -0.2) is 13.6 Å². The third-order valence-electron chi connectivity index (χ3n) is 2.89. The van der Waals surface area contributed by atoms with Crippen molar-refractivity contribution in [3.8, 4) is 0 Å². The summed E-state index contributed by atoms with van der Waals surface area (Å²) in [7, 11) is 0. The molecule has 0 bridgehead atoms. The molecule has 4 nitrogen and oxygen atoms in total. The van der Waals surface area contributed by atoms with Gasteiger partial charge in [-0.2, -0.15) is 0 Å². The van der Waals surface area contributed by atoms with Crippen molar-refractivity contribution in [2.45, 2.75) is 24.8 Å². The van der Waals surface area contributed by atoms with Gasteiger partial charge in [0.1, 0.15) is 0 Å². The molecule has 0 aromatic heterocycles. The molecule has 0 saturated heterocycles. The van der Waals surface area contributed by atoms with Gasteiger partial charge >= 0.3 is 5.97 Å². The van der Waals surface area contributed by atoms with Gasteiger partial charge in [0.25, 0.3) is 11.8 Å². The Kier molecular flexibility index (Phi) is 3.58. The SMILES string of the molecule is O=C(O)c1ccc(C(=O)NC2CC(F)(F)C2)c(Br)c1. The van der Waals surface area contributed by atoms with E-state index in [0.717, 1.165) is 0 Å². The van der Waals surface area contributed by atoms with Crippen LogP contribution in [-0.2, 0) is 0 Å². The van der Waals surface area contributed by atoms with Gasteiger partial charge in [-0.15, -0.1) is 0 Å². The van der Waals surface area contributed by atoms with Crippen LogP contribution in [0.5, 0.6) is 0 Å². The molecular formula is C12H10BrF2NO3. The molecule has 19 heavy (non-hydrogen) atoms. The lowest BCUT2D eigenvalue weighted by Crippen LogP contribution is -2.50. The molecule has 0 unspecified atom stereocenters. The fourth-order valence-electron chi connectivity index (χ4n) is 1.86. The number of alkyl halides is 2. The minimum absolute atomic E-state index is 0.0404. The summed E-state index contributed by atoms with van der Waals surface area (Å²) in [4.78, 5) is 22.6. The average Bonchev–Trinajstić information content (AvgIpc) is 2.25. The topological polar surface area (TPSA) is 66.4 Å². The summed E-state index contributed by atoms with van der Waals surface area (Å²) in [6.07, 6.45) is -0.715. The summed E-state index contributed by atoms with van der Waals surface area (Å²) in [6, 6.07) is 3.40. The maximum Gasteiger partial charge on any atom is 0.335 e. The highest BCUT2D eigenvalue weighted by Gasteiger charge is 2.46. The van der Waals surface area contributed by atoms with Gasteiger partial charge in [0, 0.05) is 23.4 Å². The van der Waals surface area contributed by atoms with Crippen LogP contribution in [0.3, 0.4) is 0 Å². The van der Waals surface area contributed by atoms with Crippen LogP contribution in [-0.4, -0.2) is 28.9 Å². The molecule has 1 aliphatic carbocycles. The van der Waals surface area contributed by atoms with Gasteiger partial charge in [-0.05, 0) is 34.1 Å². The van der Waals surface area contributed by atoms with E-state index in [4.69, 9.17) is 5.11 Å². The summed E-state index contributed by atoms with van der Waals surface area (Å²) in [5, 5.41) is 11.3. The highest BCUT2D eigenvalue weighted by molar-refractivity contribution is 9.10. The van der Waals surface area contributed by atoms with E-state index in [-0.39, 0.29) is 24.0 Å². The highest BCUT2D eigenvalue weighted by atomic mass is 79.9. The predicted molar refractivity (Wildman–Crippen MR) is 66.5 cm³/mol. The second-order valence-electron chi connectivity index (χ2n) is 4.43. The van der Waals surface area contributed by atoms with E-state index < -0.39 is 23.8 Å². The molecule has 2 N–H and O–H groups in total. The number of carbonyl (C=O) groups is 2. The van der Waals surface area contributed by atoms with Crippen LogP contribution in [0.25, 0.3) is 0 Å². The van der Waals surface area contributed by atoms with E-state index in [1.54, 1.807) is 0 Å². The first-order valence-corrected chi connectivity index (χ1v) is 6.29. The van der Waals surface area contributed by atoms with Crippen molar-refractivity contribution in [2.24, 2.45) is 0 Å². The number of carboxylic acid groups (broad SMARTS) is 1. The molecule has 102 valence electrons. The molecule has 0 atom stereocenters. The minimum Gasteiger partial charge on any atom is -0.478 e. The largest absolute Gasteiger partial charge is 0.478 e. The number of nitrogens with one attached hydrogen (secondary N) is 1. The summed E-state index contributed by atoms with van der Waals surface area (Å²) in [5.41, 5.74) is 0.263. The first-order chi connectivity index (χ1) is 8.78. The number of amides is 1. The third kappa shape index (κ3) is 3.09. The standard InChI is InChI=1S/C12H10BrF2NO3/c13-9-3-6(11(18)19)1-2-8(9)10(17)16-7-4-12(14,15)5-7/h1-3,7H,4-5H2,(H,16,17)(H,18,19). The summed E-state index contributed by atoms with van der Waals surface area (Å²) < 4.78 is 25.6. The molecule has 7 heteroatoms. The van der Waals surface area contributed by atoms with E-state index in [1.807, 2.05) is 0 Å². The van der Waals surface area contributed by atoms with Crippen LogP contribution in [0.15, 0.2) is 22.7 Å². The maximum atomic E-state index is 12.6. The van der Waals surface area contributed by atoms with Crippen molar-refractivity contribution in [3.05, 3.63) is 33.8 Å². The van der Waals surface area contributed by atoms with Crippen LogP contribution >= 0.6 is 15.9 Å². The number of carboxylic acids is 1. The maximum absolute atomic E-state index is 12.6. The first-order valence-electron chi connectivity index (χ1n) is 5.50. The van der Waals surface area contributed by atoms with Crippen LogP contribution in [0, 0.1) is 0 Å². The van der Waals surface area contributed by atoms with Crippen molar-refractivity contribution in [1.82, 2.24) is 5.32 Å². The van der Waals surface area contributed by atoms with Crippen molar-refractivity contribution >= 4 is 27.8 Å². The summed E-state index contributed by atoms with van der Waals surface area (Å²) >= 11 is 3.10. The smallest absolute Gasteiger partial charge is 0.335 e. The second-order valence-corrected chi connectivity index (χ2v) is 5.29. The number of carbonyl (C=O) groups excluding carboxylic acids is 1. The summed E-state index contributed by atoms with van der Waals surface area (Å²) in [6.45, 7) is 0. The number of hydrogen-bond acceptors (Lipinski definition) is 2. The number of halogens is 3. The van der Waals surface area contributed by atoms with Crippen LogP contribution in [0.1, 0.15) is 33.6 Å². The van der Waals surface area contributed by atoms with E-state index in [1.165, 1.54) is 18.2 Å². The second kappa shape index (κ2) is 4.88. The average molecular weight is 334 g/mol. The Labute approximate surface area is 115 Å². The lowest BCUT2D eigenvalue weighted by molar-refractivity contribution is -0.0901. The Morgan fingerprint density at radius 3 is 2.47 bits per heavy atom.